The molecule has 0 fully saturated rings. The van der Waals surface area contributed by atoms with Crippen molar-refractivity contribution in [2.24, 2.45) is 23.5 Å². The van der Waals surface area contributed by atoms with Gasteiger partial charge in [0.05, 0.1) is 18.6 Å². The van der Waals surface area contributed by atoms with Gasteiger partial charge < -0.3 is 30.9 Å². The van der Waals surface area contributed by atoms with Crippen LogP contribution in [-0.4, -0.2) is 56.6 Å². The van der Waals surface area contributed by atoms with Crippen molar-refractivity contribution in [3.63, 3.8) is 0 Å². The number of aromatic hydroxyl groups is 1. The Morgan fingerprint density at radius 2 is 1.84 bits per heavy atom. The smallest absolute Gasteiger partial charge is 0.313 e. The number of aliphatic hydroxyl groups is 3. The molecule has 0 bridgehead atoms. The third-order valence-corrected chi connectivity index (χ3v) is 6.88. The minimum absolute atomic E-state index is 0.181. The molecule has 0 spiro atoms. The van der Waals surface area contributed by atoms with Crippen molar-refractivity contribution >= 4 is 23.4 Å². The Morgan fingerprint density at radius 1 is 1.19 bits per heavy atom. The average Bonchev–Trinajstić information content (AvgIpc) is 2.73. The van der Waals surface area contributed by atoms with Gasteiger partial charge in [-0.15, -0.1) is 0 Å². The standard InChI is InChI=1S/C22H21NO9/c1-7-10-6-9-12(21(30)32-2)8-4-3-5-11(24)13(8)17(26)14(9)18(27)22(10,31)19(28)15(16(7)25)20(23)29/h3-5,7,9-10,12,24-25,27,31H,6H2,1-2H3,(H2,23,29)/t7-,9+,10-,12+,22-/m0/s1. The molecular formula is C22H21NO9. The van der Waals surface area contributed by atoms with E-state index in [1.54, 1.807) is 0 Å². The second-order valence-corrected chi connectivity index (χ2v) is 8.29. The van der Waals surface area contributed by atoms with Crippen LogP contribution in [0.25, 0.3) is 0 Å². The van der Waals surface area contributed by atoms with E-state index in [1.165, 1.54) is 25.1 Å². The number of fused-ring (bicyclic) bond motifs is 3. The summed E-state index contributed by atoms with van der Waals surface area (Å²) in [5.41, 5.74) is 1.12. The zero-order chi connectivity index (χ0) is 23.7. The fraction of sp³-hybridized carbons (Fsp3) is 0.364. The number of hydrogen-bond donors (Lipinski definition) is 5. The van der Waals surface area contributed by atoms with E-state index in [4.69, 9.17) is 10.5 Å². The molecule has 0 saturated carbocycles. The molecule has 10 heteroatoms. The summed E-state index contributed by atoms with van der Waals surface area (Å²) < 4.78 is 4.90. The van der Waals surface area contributed by atoms with E-state index in [2.05, 4.69) is 0 Å². The van der Waals surface area contributed by atoms with Crippen LogP contribution in [-0.2, 0) is 19.1 Å². The number of ketones is 2. The maximum Gasteiger partial charge on any atom is 0.313 e. The highest BCUT2D eigenvalue weighted by atomic mass is 16.5. The lowest BCUT2D eigenvalue weighted by Gasteiger charge is -2.49. The van der Waals surface area contributed by atoms with Crippen LogP contribution >= 0.6 is 0 Å². The Balaban J connectivity index is 2.03. The summed E-state index contributed by atoms with van der Waals surface area (Å²) in [5.74, 6) is -10.7. The Hall–Kier alpha value is -3.66. The van der Waals surface area contributed by atoms with Gasteiger partial charge in [0.25, 0.3) is 5.91 Å². The Labute approximate surface area is 181 Å². The van der Waals surface area contributed by atoms with Gasteiger partial charge >= 0.3 is 5.97 Å². The summed E-state index contributed by atoms with van der Waals surface area (Å²) >= 11 is 0. The Kier molecular flexibility index (Phi) is 4.67. The average molecular weight is 443 g/mol. The van der Waals surface area contributed by atoms with E-state index in [1.807, 2.05) is 0 Å². The number of methoxy groups -OCH3 is 1. The number of phenolic OH excluding ortho intramolecular Hbond substituents is 1. The predicted molar refractivity (Wildman–Crippen MR) is 106 cm³/mol. The van der Waals surface area contributed by atoms with Crippen LogP contribution in [0.3, 0.4) is 0 Å². The van der Waals surface area contributed by atoms with Gasteiger partial charge in [0.15, 0.2) is 11.4 Å². The fourth-order valence-corrected chi connectivity index (χ4v) is 5.34. The highest BCUT2D eigenvalue weighted by molar-refractivity contribution is 6.24. The second kappa shape index (κ2) is 6.92. The third kappa shape index (κ3) is 2.49. The van der Waals surface area contributed by atoms with Crippen LogP contribution in [0.5, 0.6) is 5.75 Å². The summed E-state index contributed by atoms with van der Waals surface area (Å²) in [6.45, 7) is 1.43. The molecule has 3 aliphatic carbocycles. The summed E-state index contributed by atoms with van der Waals surface area (Å²) in [5, 5.41) is 43.2. The molecule has 0 unspecified atom stereocenters. The van der Waals surface area contributed by atoms with E-state index in [0.29, 0.717) is 0 Å². The molecule has 1 aromatic carbocycles. The number of aliphatic hydroxyl groups excluding tert-OH is 2. The molecule has 5 atom stereocenters. The lowest BCUT2D eigenvalue weighted by atomic mass is 9.55. The molecule has 0 radical (unpaired) electrons. The minimum Gasteiger partial charge on any atom is -0.511 e. The normalized spacial score (nSPS) is 31.6. The SMILES string of the molecule is COC(=O)[C@@H]1c2cccc(O)c2C(=O)C2=C(O)[C@]3(O)C(=O)C(C(N)=O)=C(O)[C@@H](C)[C@@H]3C[C@@H]21. The molecule has 3 aliphatic rings. The number of carbonyl (C=O) groups is 4. The number of carbonyl (C=O) groups excluding carboxylic acids is 4. The van der Waals surface area contributed by atoms with Crippen molar-refractivity contribution in [3.8, 4) is 5.75 Å². The molecular weight excluding hydrogens is 422 g/mol. The number of Topliss-reactive ketones (excluding diaryl/α,β-unsaturated/α-hetero) is 2. The molecule has 0 saturated heterocycles. The number of rotatable bonds is 2. The lowest BCUT2D eigenvalue weighted by Crippen LogP contribution is -2.60. The van der Waals surface area contributed by atoms with Gasteiger partial charge in [0, 0.05) is 23.3 Å². The maximum absolute atomic E-state index is 13.3. The van der Waals surface area contributed by atoms with Crippen LogP contribution in [0.15, 0.2) is 40.9 Å². The van der Waals surface area contributed by atoms with Crippen molar-refractivity contribution in [2.45, 2.75) is 24.9 Å². The van der Waals surface area contributed by atoms with Gasteiger partial charge in [-0.2, -0.15) is 0 Å². The van der Waals surface area contributed by atoms with E-state index >= 15 is 0 Å². The Bertz CT molecular complexity index is 1160. The van der Waals surface area contributed by atoms with Crippen LogP contribution in [0.4, 0.5) is 0 Å². The van der Waals surface area contributed by atoms with Gasteiger partial charge in [-0.25, -0.2) is 0 Å². The number of ether oxygens (including phenoxy) is 1. The van der Waals surface area contributed by atoms with E-state index < -0.39 is 81.1 Å². The van der Waals surface area contributed by atoms with Crippen molar-refractivity contribution in [1.82, 2.24) is 0 Å². The highest BCUT2D eigenvalue weighted by Gasteiger charge is 2.63. The van der Waals surface area contributed by atoms with Crippen molar-refractivity contribution in [1.29, 1.82) is 0 Å². The van der Waals surface area contributed by atoms with Gasteiger partial charge in [-0.1, -0.05) is 19.1 Å². The number of esters is 1. The molecule has 6 N–H and O–H groups in total. The first-order valence-corrected chi connectivity index (χ1v) is 9.86. The van der Waals surface area contributed by atoms with E-state index in [0.717, 1.165) is 7.11 Å². The quantitative estimate of drug-likeness (QED) is 0.321. The lowest BCUT2D eigenvalue weighted by molar-refractivity contribution is -0.149. The zero-order valence-electron chi connectivity index (χ0n) is 17.2. The third-order valence-electron chi connectivity index (χ3n) is 6.88. The molecule has 0 heterocycles. The zero-order valence-corrected chi connectivity index (χ0v) is 17.2. The number of primary amides is 1. The van der Waals surface area contributed by atoms with E-state index in [-0.39, 0.29) is 17.5 Å². The molecule has 32 heavy (non-hydrogen) atoms. The molecule has 10 nitrogen and oxygen atoms in total. The van der Waals surface area contributed by atoms with Crippen molar-refractivity contribution in [3.05, 3.63) is 52.0 Å². The number of allylic oxidation sites excluding steroid dienone is 2. The summed E-state index contributed by atoms with van der Waals surface area (Å²) in [6, 6.07) is 4.15. The largest absolute Gasteiger partial charge is 0.511 e. The van der Waals surface area contributed by atoms with Gasteiger partial charge in [-0.3, -0.25) is 19.2 Å². The Morgan fingerprint density at radius 3 is 2.44 bits per heavy atom. The maximum atomic E-state index is 13.3. The van der Waals surface area contributed by atoms with Crippen LogP contribution in [0.2, 0.25) is 0 Å². The summed E-state index contributed by atoms with van der Waals surface area (Å²) in [7, 11) is 1.14. The van der Waals surface area contributed by atoms with Gasteiger partial charge in [0.2, 0.25) is 5.78 Å². The first-order chi connectivity index (χ1) is 15.0. The predicted octanol–water partition coefficient (Wildman–Crippen LogP) is 0.541. The highest BCUT2D eigenvalue weighted by Crippen LogP contribution is 2.56. The number of amides is 1. The molecule has 4 rings (SSSR count). The number of benzene rings is 1. The number of hydrogen-bond acceptors (Lipinski definition) is 9. The van der Waals surface area contributed by atoms with Crippen LogP contribution in [0, 0.1) is 17.8 Å². The van der Waals surface area contributed by atoms with Crippen molar-refractivity contribution in [2.75, 3.05) is 7.11 Å². The number of nitrogens with two attached hydrogens (primary N) is 1. The monoisotopic (exact) mass is 443 g/mol. The second-order valence-electron chi connectivity index (χ2n) is 8.29. The first kappa shape index (κ1) is 21.6. The van der Waals surface area contributed by atoms with Crippen LogP contribution in [0.1, 0.15) is 35.2 Å². The fourth-order valence-electron chi connectivity index (χ4n) is 5.34. The summed E-state index contributed by atoms with van der Waals surface area (Å²) in [4.78, 5) is 50.9. The van der Waals surface area contributed by atoms with Gasteiger partial charge in [-0.05, 0) is 18.1 Å². The van der Waals surface area contributed by atoms with E-state index in [9.17, 15) is 39.6 Å². The molecule has 168 valence electrons. The molecule has 1 amide bonds. The van der Waals surface area contributed by atoms with Crippen molar-refractivity contribution < 1.29 is 44.3 Å². The first-order valence-electron chi connectivity index (χ1n) is 9.86. The van der Waals surface area contributed by atoms with Crippen LogP contribution < -0.4 is 5.73 Å². The van der Waals surface area contributed by atoms with Gasteiger partial charge in [0.1, 0.15) is 22.8 Å². The molecule has 1 aromatic rings. The topological polar surface area (TPSA) is 184 Å². The summed E-state index contributed by atoms with van der Waals surface area (Å²) in [6.07, 6.45) is -0.181. The number of phenols is 1. The molecule has 0 aromatic heterocycles. The minimum atomic E-state index is -2.72. The molecule has 0 aliphatic heterocycles.